The van der Waals surface area contributed by atoms with Crippen LogP contribution in [0.3, 0.4) is 0 Å². The normalized spacial score (nSPS) is 11.0. The molecule has 0 unspecified atom stereocenters. The fourth-order valence-corrected chi connectivity index (χ4v) is 3.19. The van der Waals surface area contributed by atoms with E-state index in [9.17, 15) is 14.5 Å². The first-order valence-corrected chi connectivity index (χ1v) is 7.63. The molecule has 0 bridgehead atoms. The molecule has 1 aromatic heterocycles. The number of halogens is 1. The molecule has 0 saturated carbocycles. The summed E-state index contributed by atoms with van der Waals surface area (Å²) in [6.07, 6.45) is 0. The molecule has 0 spiro atoms. The largest absolute Gasteiger partial charge is 0.280 e. The van der Waals surface area contributed by atoms with Crippen LogP contribution in [0.5, 0.6) is 0 Å². The lowest BCUT2D eigenvalue weighted by Crippen LogP contribution is -1.99. The number of aryl methyl sites for hydroxylation is 3. The highest BCUT2D eigenvalue weighted by molar-refractivity contribution is 5.93. The Labute approximate surface area is 139 Å². The van der Waals surface area contributed by atoms with Crippen molar-refractivity contribution < 1.29 is 9.31 Å². The van der Waals surface area contributed by atoms with Crippen molar-refractivity contribution in [1.29, 1.82) is 0 Å². The molecule has 4 nitrogen and oxygen atoms in total. The molecule has 122 valence electrons. The predicted octanol–water partition coefficient (Wildman–Crippen LogP) is 5.18. The molecule has 2 aromatic carbocycles. The van der Waals surface area contributed by atoms with Crippen molar-refractivity contribution in [3.05, 3.63) is 68.6 Å². The average Bonchev–Trinajstić information content (AvgIpc) is 2.53. The van der Waals surface area contributed by atoms with E-state index in [2.05, 4.69) is 4.98 Å². The zero-order valence-corrected chi connectivity index (χ0v) is 14.0. The van der Waals surface area contributed by atoms with Crippen molar-refractivity contribution in [1.82, 2.24) is 4.98 Å². The topological polar surface area (TPSA) is 56.0 Å². The van der Waals surface area contributed by atoms with Gasteiger partial charge in [-0.15, -0.1) is 0 Å². The van der Waals surface area contributed by atoms with Crippen LogP contribution in [-0.4, -0.2) is 9.91 Å². The lowest BCUT2D eigenvalue weighted by atomic mass is 9.92. The zero-order chi connectivity index (χ0) is 17.6. The summed E-state index contributed by atoms with van der Waals surface area (Å²) >= 11 is 0. The van der Waals surface area contributed by atoms with E-state index in [4.69, 9.17) is 0 Å². The second-order valence-corrected chi connectivity index (χ2v) is 5.97. The molecule has 24 heavy (non-hydrogen) atoms. The molecule has 5 heteroatoms. The maximum Gasteiger partial charge on any atom is 0.280 e. The van der Waals surface area contributed by atoms with Crippen LogP contribution in [0.4, 0.5) is 10.1 Å². The zero-order valence-electron chi connectivity index (χ0n) is 14.0. The quantitative estimate of drug-likeness (QED) is 0.482. The minimum atomic E-state index is -0.596. The van der Waals surface area contributed by atoms with E-state index in [1.54, 1.807) is 12.1 Å². The summed E-state index contributed by atoms with van der Waals surface area (Å²) in [4.78, 5) is 15.4. The van der Waals surface area contributed by atoms with Gasteiger partial charge in [-0.25, -0.2) is 4.39 Å². The standard InChI is InChI=1S/C19H17FN2O2/c1-10-11(2)18-12(3)14(8-9-16(18)21-13(10)4)19-15(20)6-5-7-17(19)22(23)24/h5-9H,1-4H3. The highest BCUT2D eigenvalue weighted by atomic mass is 19.1. The van der Waals surface area contributed by atoms with E-state index in [1.807, 2.05) is 27.7 Å². The van der Waals surface area contributed by atoms with Crippen molar-refractivity contribution in [2.45, 2.75) is 27.7 Å². The SMILES string of the molecule is Cc1nc2ccc(-c3c(F)cccc3[N+](=O)[O-])c(C)c2c(C)c1C. The number of hydrogen-bond donors (Lipinski definition) is 0. The van der Waals surface area contributed by atoms with Gasteiger partial charge >= 0.3 is 0 Å². The third-order valence-electron chi connectivity index (χ3n) is 4.67. The van der Waals surface area contributed by atoms with Gasteiger partial charge in [-0.1, -0.05) is 12.1 Å². The Hall–Kier alpha value is -2.82. The van der Waals surface area contributed by atoms with Gasteiger partial charge < -0.3 is 0 Å². The number of aromatic nitrogens is 1. The number of rotatable bonds is 2. The van der Waals surface area contributed by atoms with Crippen LogP contribution in [0.15, 0.2) is 30.3 Å². The summed E-state index contributed by atoms with van der Waals surface area (Å²) in [7, 11) is 0. The maximum atomic E-state index is 14.4. The van der Waals surface area contributed by atoms with Crippen LogP contribution in [0.2, 0.25) is 0 Å². The monoisotopic (exact) mass is 324 g/mol. The molecule has 0 saturated heterocycles. The average molecular weight is 324 g/mol. The van der Waals surface area contributed by atoms with Crippen molar-refractivity contribution in [2.75, 3.05) is 0 Å². The van der Waals surface area contributed by atoms with Crippen LogP contribution in [0, 0.1) is 43.6 Å². The summed E-state index contributed by atoms with van der Waals surface area (Å²) in [5, 5.41) is 12.2. The second kappa shape index (κ2) is 5.67. The Balaban J connectivity index is 2.42. The highest BCUT2D eigenvalue weighted by Crippen LogP contribution is 2.38. The smallest absolute Gasteiger partial charge is 0.258 e. The van der Waals surface area contributed by atoms with E-state index >= 15 is 0 Å². The molecule has 0 amide bonds. The third-order valence-corrected chi connectivity index (χ3v) is 4.67. The first-order chi connectivity index (χ1) is 11.3. The summed E-state index contributed by atoms with van der Waals surface area (Å²) in [6.45, 7) is 7.80. The lowest BCUT2D eigenvalue weighted by Gasteiger charge is -2.15. The van der Waals surface area contributed by atoms with Crippen molar-refractivity contribution in [3.8, 4) is 11.1 Å². The molecule has 0 aliphatic rings. The number of nitro benzene ring substituents is 1. The van der Waals surface area contributed by atoms with Gasteiger partial charge in [-0.3, -0.25) is 15.1 Å². The Bertz CT molecular complexity index is 997. The van der Waals surface area contributed by atoms with Gasteiger partial charge in [-0.05, 0) is 62.1 Å². The molecule has 3 rings (SSSR count). The number of pyridine rings is 1. The molecule has 0 aliphatic heterocycles. The van der Waals surface area contributed by atoms with Gasteiger partial charge in [-0.2, -0.15) is 0 Å². The second-order valence-electron chi connectivity index (χ2n) is 5.97. The van der Waals surface area contributed by atoms with Gasteiger partial charge in [0.15, 0.2) is 0 Å². The van der Waals surface area contributed by atoms with Gasteiger partial charge in [0.2, 0.25) is 0 Å². The van der Waals surface area contributed by atoms with Gasteiger partial charge in [0, 0.05) is 17.1 Å². The van der Waals surface area contributed by atoms with Crippen LogP contribution in [0.25, 0.3) is 22.0 Å². The van der Waals surface area contributed by atoms with Crippen molar-refractivity contribution >= 4 is 16.6 Å². The minimum absolute atomic E-state index is 0.0273. The van der Waals surface area contributed by atoms with Gasteiger partial charge in [0.1, 0.15) is 5.82 Å². The Morgan fingerprint density at radius 3 is 2.38 bits per heavy atom. The van der Waals surface area contributed by atoms with E-state index in [1.165, 1.54) is 18.2 Å². The molecule has 3 aromatic rings. The molecular weight excluding hydrogens is 307 g/mol. The summed E-state index contributed by atoms with van der Waals surface area (Å²) in [5.74, 6) is -0.596. The van der Waals surface area contributed by atoms with Crippen LogP contribution in [-0.2, 0) is 0 Å². The Kier molecular flexibility index (Phi) is 3.79. The number of hydrogen-bond acceptors (Lipinski definition) is 3. The van der Waals surface area contributed by atoms with E-state index in [0.29, 0.717) is 5.56 Å². The number of nitro groups is 1. The highest BCUT2D eigenvalue weighted by Gasteiger charge is 2.22. The molecule has 0 radical (unpaired) electrons. The third kappa shape index (κ3) is 2.33. The van der Waals surface area contributed by atoms with E-state index in [0.717, 1.165) is 33.3 Å². The molecule has 0 N–H and O–H groups in total. The van der Waals surface area contributed by atoms with E-state index < -0.39 is 10.7 Å². The maximum absolute atomic E-state index is 14.4. The predicted molar refractivity (Wildman–Crippen MR) is 92.7 cm³/mol. The fraction of sp³-hybridized carbons (Fsp3) is 0.211. The summed E-state index contributed by atoms with van der Waals surface area (Å²) < 4.78 is 14.4. The van der Waals surface area contributed by atoms with Gasteiger partial charge in [0.05, 0.1) is 16.0 Å². The fourth-order valence-electron chi connectivity index (χ4n) is 3.19. The number of fused-ring (bicyclic) bond motifs is 1. The number of benzene rings is 2. The minimum Gasteiger partial charge on any atom is -0.258 e. The van der Waals surface area contributed by atoms with Gasteiger partial charge in [0.25, 0.3) is 5.69 Å². The Morgan fingerprint density at radius 2 is 1.71 bits per heavy atom. The van der Waals surface area contributed by atoms with E-state index in [-0.39, 0.29) is 11.3 Å². The Morgan fingerprint density at radius 1 is 1.00 bits per heavy atom. The molecular formula is C19H17FN2O2. The molecule has 1 heterocycles. The molecule has 0 atom stereocenters. The molecule has 0 fully saturated rings. The summed E-state index contributed by atoms with van der Waals surface area (Å²) in [5.41, 5.74) is 5.03. The lowest BCUT2D eigenvalue weighted by molar-refractivity contribution is -0.384. The van der Waals surface area contributed by atoms with Crippen LogP contribution in [0.1, 0.15) is 22.4 Å². The van der Waals surface area contributed by atoms with Crippen LogP contribution >= 0.6 is 0 Å². The van der Waals surface area contributed by atoms with Crippen LogP contribution < -0.4 is 0 Å². The van der Waals surface area contributed by atoms with Crippen molar-refractivity contribution in [2.24, 2.45) is 0 Å². The summed E-state index contributed by atoms with van der Waals surface area (Å²) in [6, 6.07) is 7.44. The molecule has 0 aliphatic carbocycles. The number of nitrogens with zero attached hydrogens (tertiary/aromatic N) is 2. The van der Waals surface area contributed by atoms with Crippen molar-refractivity contribution in [3.63, 3.8) is 0 Å². The first kappa shape index (κ1) is 16.1. The first-order valence-electron chi connectivity index (χ1n) is 7.63.